The van der Waals surface area contributed by atoms with E-state index >= 15 is 0 Å². The number of hydrogen-bond acceptors (Lipinski definition) is 3. The largest absolute Gasteiger partial charge is 0.489 e. The molecule has 6 heteroatoms. The zero-order chi connectivity index (χ0) is 17.5. The molecule has 0 aliphatic carbocycles. The number of urea groups is 1. The molecule has 0 aliphatic heterocycles. The van der Waals surface area contributed by atoms with Crippen molar-refractivity contribution in [1.29, 1.82) is 0 Å². The highest BCUT2D eigenvalue weighted by molar-refractivity contribution is 5.84. The van der Waals surface area contributed by atoms with E-state index in [1.54, 1.807) is 24.4 Å². The molecule has 0 atom stereocenters. The number of amides is 2. The average molecular weight is 339 g/mol. The molecule has 25 heavy (non-hydrogen) atoms. The molecule has 0 radical (unpaired) electrons. The highest BCUT2D eigenvalue weighted by Gasteiger charge is 2.05. The van der Waals surface area contributed by atoms with Crippen LogP contribution in [-0.4, -0.2) is 24.2 Å². The van der Waals surface area contributed by atoms with Gasteiger partial charge in [-0.15, -0.1) is 0 Å². The van der Waals surface area contributed by atoms with E-state index in [4.69, 9.17) is 4.74 Å². The van der Waals surface area contributed by atoms with Gasteiger partial charge in [0.05, 0.1) is 6.54 Å². The normalized spacial score (nSPS) is 10.4. The molecule has 0 saturated carbocycles. The van der Waals surface area contributed by atoms with Gasteiger partial charge < -0.3 is 15.4 Å². The number of hydrogen-bond donors (Lipinski definition) is 2. The Bertz CT molecular complexity index is 865. The summed E-state index contributed by atoms with van der Waals surface area (Å²) in [4.78, 5) is 16.0. The van der Waals surface area contributed by atoms with Crippen LogP contribution in [0.25, 0.3) is 10.9 Å². The van der Waals surface area contributed by atoms with E-state index in [1.807, 2.05) is 30.3 Å². The first kappa shape index (κ1) is 16.7. The number of nitrogens with one attached hydrogen (secondary N) is 2. The number of carbonyl (C=O) groups excluding carboxylic acids is 1. The van der Waals surface area contributed by atoms with Crippen LogP contribution in [0, 0.1) is 5.82 Å². The van der Waals surface area contributed by atoms with E-state index in [-0.39, 0.29) is 18.4 Å². The summed E-state index contributed by atoms with van der Waals surface area (Å²) >= 11 is 0. The molecular weight excluding hydrogens is 321 g/mol. The molecule has 2 N–H and O–H groups in total. The second-order valence-electron chi connectivity index (χ2n) is 5.38. The number of rotatable bonds is 6. The minimum Gasteiger partial charge on any atom is -0.489 e. The zero-order valence-electron chi connectivity index (χ0n) is 13.5. The summed E-state index contributed by atoms with van der Waals surface area (Å²) in [7, 11) is 0. The fraction of sp³-hybridized carbons (Fsp3) is 0.158. The summed E-state index contributed by atoms with van der Waals surface area (Å²) < 4.78 is 19.2. The second kappa shape index (κ2) is 8.10. The second-order valence-corrected chi connectivity index (χ2v) is 5.38. The van der Waals surface area contributed by atoms with Crippen molar-refractivity contribution in [3.63, 3.8) is 0 Å². The molecule has 1 heterocycles. The highest BCUT2D eigenvalue weighted by Crippen LogP contribution is 2.22. The summed E-state index contributed by atoms with van der Waals surface area (Å²) in [5.41, 5.74) is 1.23. The Morgan fingerprint density at radius 2 is 1.88 bits per heavy atom. The highest BCUT2D eigenvalue weighted by atomic mass is 19.1. The van der Waals surface area contributed by atoms with Gasteiger partial charge in [0, 0.05) is 23.7 Å². The minimum atomic E-state index is -0.372. The molecule has 2 amide bonds. The summed E-state index contributed by atoms with van der Waals surface area (Å²) in [6, 6.07) is 15.5. The fourth-order valence-electron chi connectivity index (χ4n) is 2.40. The topological polar surface area (TPSA) is 63.2 Å². The monoisotopic (exact) mass is 339 g/mol. The van der Waals surface area contributed by atoms with E-state index in [0.717, 1.165) is 10.9 Å². The van der Waals surface area contributed by atoms with Gasteiger partial charge in [-0.3, -0.25) is 4.98 Å². The first-order chi connectivity index (χ1) is 12.2. The number of ether oxygens (including phenoxy) is 1. The lowest BCUT2D eigenvalue weighted by Crippen LogP contribution is -2.37. The average Bonchev–Trinajstić information content (AvgIpc) is 2.64. The van der Waals surface area contributed by atoms with Gasteiger partial charge in [-0.25, -0.2) is 9.18 Å². The Morgan fingerprint density at radius 1 is 1.04 bits per heavy atom. The number of nitrogens with zero attached hydrogens (tertiary/aromatic N) is 1. The van der Waals surface area contributed by atoms with E-state index < -0.39 is 0 Å². The standard InChI is InChI=1S/C19H18FN3O2/c20-16-8-2-1-5-15(16)13-23-19(24)22-11-12-25-17-9-3-6-14-7-4-10-21-18(14)17/h1-10H,11-13H2,(H2,22,23,24). The molecular formula is C19H18FN3O2. The van der Waals surface area contributed by atoms with E-state index in [9.17, 15) is 9.18 Å². The Balaban J connectivity index is 1.43. The van der Waals surface area contributed by atoms with Crippen molar-refractivity contribution in [1.82, 2.24) is 15.6 Å². The van der Waals surface area contributed by atoms with Gasteiger partial charge in [0.25, 0.3) is 0 Å². The lowest BCUT2D eigenvalue weighted by molar-refractivity contribution is 0.236. The number of carbonyl (C=O) groups is 1. The van der Waals surface area contributed by atoms with Gasteiger partial charge in [0.1, 0.15) is 23.7 Å². The SMILES string of the molecule is O=C(NCCOc1cccc2cccnc12)NCc1ccccc1F. The summed E-state index contributed by atoms with van der Waals surface area (Å²) in [5.74, 6) is 0.334. The molecule has 1 aromatic heterocycles. The van der Waals surface area contributed by atoms with Gasteiger partial charge in [0.15, 0.2) is 0 Å². The Kier molecular flexibility index (Phi) is 5.41. The van der Waals surface area contributed by atoms with Crippen molar-refractivity contribution >= 4 is 16.9 Å². The molecule has 0 saturated heterocycles. The fourth-order valence-corrected chi connectivity index (χ4v) is 2.40. The van der Waals surface area contributed by atoms with E-state index in [1.165, 1.54) is 6.07 Å². The van der Waals surface area contributed by atoms with Crippen LogP contribution in [0.2, 0.25) is 0 Å². The van der Waals surface area contributed by atoms with Crippen LogP contribution in [0.1, 0.15) is 5.56 Å². The van der Waals surface area contributed by atoms with Gasteiger partial charge in [-0.2, -0.15) is 0 Å². The van der Waals surface area contributed by atoms with E-state index in [2.05, 4.69) is 15.6 Å². The maximum atomic E-state index is 13.5. The van der Waals surface area contributed by atoms with Crippen LogP contribution in [0.4, 0.5) is 9.18 Å². The third-order valence-electron chi connectivity index (χ3n) is 3.64. The summed E-state index contributed by atoms with van der Waals surface area (Å²) in [5, 5.41) is 6.28. The predicted octanol–water partition coefficient (Wildman–Crippen LogP) is 3.25. The van der Waals surface area contributed by atoms with Gasteiger partial charge in [0.2, 0.25) is 0 Å². The number of aromatic nitrogens is 1. The van der Waals surface area contributed by atoms with E-state index in [0.29, 0.717) is 24.5 Å². The van der Waals surface area contributed by atoms with Gasteiger partial charge in [-0.1, -0.05) is 36.4 Å². The Morgan fingerprint density at radius 3 is 2.76 bits per heavy atom. The molecule has 0 bridgehead atoms. The minimum absolute atomic E-state index is 0.132. The molecule has 0 aliphatic rings. The van der Waals surface area contributed by atoms with Crippen LogP contribution in [0.5, 0.6) is 5.75 Å². The van der Waals surface area contributed by atoms with Crippen molar-refractivity contribution in [2.75, 3.05) is 13.2 Å². The van der Waals surface area contributed by atoms with Crippen LogP contribution in [0.15, 0.2) is 60.8 Å². The van der Waals surface area contributed by atoms with Crippen molar-refractivity contribution in [3.05, 3.63) is 72.2 Å². The number of pyridine rings is 1. The van der Waals surface area contributed by atoms with Crippen LogP contribution in [-0.2, 0) is 6.54 Å². The summed E-state index contributed by atoms with van der Waals surface area (Å²) in [6.07, 6.45) is 1.71. The van der Waals surface area contributed by atoms with Gasteiger partial charge in [-0.05, 0) is 18.2 Å². The number of fused-ring (bicyclic) bond motifs is 1. The number of halogens is 1. The predicted molar refractivity (Wildman–Crippen MR) is 93.9 cm³/mol. The molecule has 0 unspecified atom stereocenters. The Hall–Kier alpha value is -3.15. The molecule has 3 rings (SSSR count). The maximum absolute atomic E-state index is 13.5. The zero-order valence-corrected chi connectivity index (χ0v) is 13.5. The van der Waals surface area contributed by atoms with Crippen LogP contribution in [0.3, 0.4) is 0 Å². The first-order valence-electron chi connectivity index (χ1n) is 7.96. The molecule has 0 spiro atoms. The summed E-state index contributed by atoms with van der Waals surface area (Å²) in [6.45, 7) is 0.766. The van der Waals surface area contributed by atoms with Crippen molar-refractivity contribution in [3.8, 4) is 5.75 Å². The number of para-hydroxylation sites is 1. The molecule has 0 fully saturated rings. The molecule has 5 nitrogen and oxygen atoms in total. The quantitative estimate of drug-likeness (QED) is 0.678. The Labute approximate surface area is 144 Å². The lowest BCUT2D eigenvalue weighted by Gasteiger charge is -2.10. The van der Waals surface area contributed by atoms with Gasteiger partial charge >= 0.3 is 6.03 Å². The third-order valence-corrected chi connectivity index (χ3v) is 3.64. The third kappa shape index (κ3) is 4.44. The smallest absolute Gasteiger partial charge is 0.315 e. The lowest BCUT2D eigenvalue weighted by atomic mass is 10.2. The van der Waals surface area contributed by atoms with Crippen molar-refractivity contribution in [2.45, 2.75) is 6.54 Å². The maximum Gasteiger partial charge on any atom is 0.315 e. The number of benzene rings is 2. The van der Waals surface area contributed by atoms with Crippen LogP contribution < -0.4 is 15.4 Å². The van der Waals surface area contributed by atoms with Crippen LogP contribution >= 0.6 is 0 Å². The van der Waals surface area contributed by atoms with Crippen molar-refractivity contribution < 1.29 is 13.9 Å². The molecule has 3 aromatic rings. The first-order valence-corrected chi connectivity index (χ1v) is 7.96. The molecule has 128 valence electrons. The van der Waals surface area contributed by atoms with Crippen molar-refractivity contribution in [2.24, 2.45) is 0 Å². The molecule has 2 aromatic carbocycles.